The molecule has 2 N–H and O–H groups in total. The average Bonchev–Trinajstić information content (AvgIpc) is 2.19. The van der Waals surface area contributed by atoms with E-state index in [1.807, 2.05) is 37.3 Å². The summed E-state index contributed by atoms with van der Waals surface area (Å²) in [4.78, 5) is 0. The Kier molecular flexibility index (Phi) is 3.46. The lowest BCUT2D eigenvalue weighted by Gasteiger charge is -2.26. The van der Waals surface area contributed by atoms with Crippen LogP contribution in [0.5, 0.6) is 0 Å². The van der Waals surface area contributed by atoms with Gasteiger partial charge >= 0.3 is 0 Å². The van der Waals surface area contributed by atoms with E-state index >= 15 is 0 Å². The Morgan fingerprint density at radius 3 is 2.31 bits per heavy atom. The summed E-state index contributed by atoms with van der Waals surface area (Å²) in [5.74, 6) is 0. The van der Waals surface area contributed by atoms with Gasteiger partial charge in [0.05, 0.1) is 5.60 Å². The van der Waals surface area contributed by atoms with Gasteiger partial charge < -0.3 is 10.2 Å². The van der Waals surface area contributed by atoms with Crippen molar-refractivity contribution in [3.05, 3.63) is 35.9 Å². The molecular formula is C11H16O2. The topological polar surface area (TPSA) is 40.5 Å². The van der Waals surface area contributed by atoms with Crippen molar-refractivity contribution in [3.8, 4) is 0 Å². The molecule has 0 radical (unpaired) electrons. The molecule has 13 heavy (non-hydrogen) atoms. The second kappa shape index (κ2) is 4.40. The van der Waals surface area contributed by atoms with E-state index in [9.17, 15) is 5.11 Å². The number of aliphatic hydroxyl groups is 2. The van der Waals surface area contributed by atoms with E-state index < -0.39 is 5.60 Å². The standard InChI is InChI=1S/C11H16O2/c1-2-11(13,8-9-12)10-6-4-3-5-7-10/h3-7,12-13H,2,8-9H2,1H3/t11-/m1/s1. The summed E-state index contributed by atoms with van der Waals surface area (Å²) in [6.45, 7) is 1.93. The zero-order valence-corrected chi connectivity index (χ0v) is 7.90. The van der Waals surface area contributed by atoms with Gasteiger partial charge in [-0.1, -0.05) is 37.3 Å². The Morgan fingerprint density at radius 2 is 1.85 bits per heavy atom. The molecule has 0 saturated heterocycles. The largest absolute Gasteiger partial charge is 0.396 e. The number of hydrogen-bond acceptors (Lipinski definition) is 2. The predicted molar refractivity (Wildman–Crippen MR) is 52.3 cm³/mol. The number of benzene rings is 1. The van der Waals surface area contributed by atoms with Gasteiger partial charge in [0, 0.05) is 13.0 Å². The van der Waals surface area contributed by atoms with Crippen LogP contribution in [-0.4, -0.2) is 16.8 Å². The van der Waals surface area contributed by atoms with E-state index in [1.165, 1.54) is 0 Å². The molecule has 0 amide bonds. The molecule has 0 aliphatic heterocycles. The summed E-state index contributed by atoms with van der Waals surface area (Å²) in [7, 11) is 0. The van der Waals surface area contributed by atoms with Gasteiger partial charge in [0.15, 0.2) is 0 Å². The van der Waals surface area contributed by atoms with E-state index in [1.54, 1.807) is 0 Å². The van der Waals surface area contributed by atoms with Crippen LogP contribution >= 0.6 is 0 Å². The third-order valence-corrected chi connectivity index (χ3v) is 2.42. The van der Waals surface area contributed by atoms with Crippen molar-refractivity contribution in [2.75, 3.05) is 6.61 Å². The monoisotopic (exact) mass is 180 g/mol. The number of hydrogen-bond donors (Lipinski definition) is 2. The van der Waals surface area contributed by atoms with Gasteiger partial charge in [-0.25, -0.2) is 0 Å². The van der Waals surface area contributed by atoms with Crippen molar-refractivity contribution in [2.45, 2.75) is 25.4 Å². The number of aliphatic hydroxyl groups excluding tert-OH is 1. The lowest BCUT2D eigenvalue weighted by Crippen LogP contribution is -2.25. The van der Waals surface area contributed by atoms with E-state index in [2.05, 4.69) is 0 Å². The molecule has 0 spiro atoms. The fraction of sp³-hybridized carbons (Fsp3) is 0.455. The molecule has 2 heteroatoms. The van der Waals surface area contributed by atoms with E-state index in [0.29, 0.717) is 12.8 Å². The third-order valence-electron chi connectivity index (χ3n) is 2.42. The minimum atomic E-state index is -0.865. The average molecular weight is 180 g/mol. The zero-order chi connectivity index (χ0) is 9.73. The normalized spacial score (nSPS) is 15.3. The van der Waals surface area contributed by atoms with Crippen molar-refractivity contribution in [2.24, 2.45) is 0 Å². The molecule has 1 aromatic carbocycles. The van der Waals surface area contributed by atoms with E-state index in [-0.39, 0.29) is 6.61 Å². The summed E-state index contributed by atoms with van der Waals surface area (Å²) in [5, 5.41) is 19.0. The van der Waals surface area contributed by atoms with Crippen molar-refractivity contribution in [3.63, 3.8) is 0 Å². The molecule has 0 heterocycles. The summed E-state index contributed by atoms with van der Waals surface area (Å²) >= 11 is 0. The summed E-state index contributed by atoms with van der Waals surface area (Å²) < 4.78 is 0. The highest BCUT2D eigenvalue weighted by Gasteiger charge is 2.25. The van der Waals surface area contributed by atoms with Gasteiger partial charge in [-0.3, -0.25) is 0 Å². The maximum absolute atomic E-state index is 10.1. The van der Waals surface area contributed by atoms with Crippen molar-refractivity contribution >= 4 is 0 Å². The van der Waals surface area contributed by atoms with Crippen LogP contribution in [0.25, 0.3) is 0 Å². The molecule has 0 aliphatic carbocycles. The fourth-order valence-electron chi connectivity index (χ4n) is 1.46. The quantitative estimate of drug-likeness (QED) is 0.740. The van der Waals surface area contributed by atoms with Crippen LogP contribution in [-0.2, 0) is 5.60 Å². The van der Waals surface area contributed by atoms with Gasteiger partial charge in [0.2, 0.25) is 0 Å². The molecular weight excluding hydrogens is 164 g/mol. The molecule has 0 aliphatic rings. The summed E-state index contributed by atoms with van der Waals surface area (Å²) in [5.41, 5.74) is 0.0160. The molecule has 1 aromatic rings. The third kappa shape index (κ3) is 2.29. The SMILES string of the molecule is CC[C@@](O)(CCO)c1ccccc1. The van der Waals surface area contributed by atoms with Gasteiger partial charge in [-0.2, -0.15) is 0 Å². The minimum absolute atomic E-state index is 0.0131. The van der Waals surface area contributed by atoms with Crippen LogP contribution in [0.4, 0.5) is 0 Å². The fourth-order valence-corrected chi connectivity index (χ4v) is 1.46. The van der Waals surface area contributed by atoms with Crippen molar-refractivity contribution in [1.82, 2.24) is 0 Å². The second-order valence-corrected chi connectivity index (χ2v) is 3.22. The first-order valence-corrected chi connectivity index (χ1v) is 4.61. The summed E-state index contributed by atoms with van der Waals surface area (Å²) in [6.07, 6.45) is 1.02. The van der Waals surface area contributed by atoms with Crippen molar-refractivity contribution < 1.29 is 10.2 Å². The Morgan fingerprint density at radius 1 is 1.23 bits per heavy atom. The maximum Gasteiger partial charge on any atom is 0.0915 e. The Labute approximate surface area is 78.8 Å². The highest BCUT2D eigenvalue weighted by Crippen LogP contribution is 2.27. The molecule has 72 valence electrons. The van der Waals surface area contributed by atoms with Crippen LogP contribution in [0.2, 0.25) is 0 Å². The van der Waals surface area contributed by atoms with Gasteiger partial charge in [-0.05, 0) is 12.0 Å². The molecule has 0 saturated carbocycles. The lowest BCUT2D eigenvalue weighted by atomic mass is 9.88. The smallest absolute Gasteiger partial charge is 0.0915 e. The highest BCUT2D eigenvalue weighted by molar-refractivity contribution is 5.21. The molecule has 0 unspecified atom stereocenters. The molecule has 1 atom stereocenters. The summed E-state index contributed by atoms with van der Waals surface area (Å²) in [6, 6.07) is 9.48. The molecule has 1 rings (SSSR count). The van der Waals surface area contributed by atoms with E-state index in [4.69, 9.17) is 5.11 Å². The molecule has 0 fully saturated rings. The Balaban J connectivity index is 2.89. The van der Waals surface area contributed by atoms with E-state index in [0.717, 1.165) is 5.56 Å². The van der Waals surface area contributed by atoms with Gasteiger partial charge in [0.1, 0.15) is 0 Å². The first-order valence-electron chi connectivity index (χ1n) is 4.61. The van der Waals surface area contributed by atoms with Gasteiger partial charge in [0.25, 0.3) is 0 Å². The first kappa shape index (κ1) is 10.2. The van der Waals surface area contributed by atoms with Crippen LogP contribution in [0.15, 0.2) is 30.3 Å². The van der Waals surface area contributed by atoms with Crippen molar-refractivity contribution in [1.29, 1.82) is 0 Å². The maximum atomic E-state index is 10.1. The number of rotatable bonds is 4. The first-order chi connectivity index (χ1) is 6.23. The van der Waals surface area contributed by atoms with Gasteiger partial charge in [-0.15, -0.1) is 0 Å². The van der Waals surface area contributed by atoms with Crippen LogP contribution in [0, 0.1) is 0 Å². The van der Waals surface area contributed by atoms with Crippen LogP contribution < -0.4 is 0 Å². The molecule has 2 nitrogen and oxygen atoms in total. The zero-order valence-electron chi connectivity index (χ0n) is 7.90. The minimum Gasteiger partial charge on any atom is -0.396 e. The lowest BCUT2D eigenvalue weighted by molar-refractivity contribution is 0.00779. The molecule has 0 aromatic heterocycles. The highest BCUT2D eigenvalue weighted by atomic mass is 16.3. The molecule has 0 bridgehead atoms. The Bertz CT molecular complexity index is 246. The predicted octanol–water partition coefficient (Wildman–Crippen LogP) is 1.67. The van der Waals surface area contributed by atoms with Crippen LogP contribution in [0.3, 0.4) is 0 Å². The van der Waals surface area contributed by atoms with Crippen LogP contribution in [0.1, 0.15) is 25.3 Å². The second-order valence-electron chi connectivity index (χ2n) is 3.22. The Hall–Kier alpha value is -0.860.